The quantitative estimate of drug-likeness (QED) is 0.519. The maximum atomic E-state index is 11.9. The zero-order chi connectivity index (χ0) is 18.9. The van der Waals surface area contributed by atoms with Crippen molar-refractivity contribution in [3.05, 3.63) is 57.2 Å². The topological polar surface area (TPSA) is 72.5 Å². The molecule has 1 N–H and O–H groups in total. The maximum absolute atomic E-state index is 11.9. The number of carbonyl (C=O) groups is 3. The fourth-order valence-electron chi connectivity index (χ4n) is 2.24. The molecule has 1 heterocycles. The van der Waals surface area contributed by atoms with Gasteiger partial charge in [-0.3, -0.25) is 14.4 Å². The summed E-state index contributed by atoms with van der Waals surface area (Å²) in [7, 11) is 0. The van der Waals surface area contributed by atoms with Crippen LogP contribution in [0.4, 0.5) is 0 Å². The fraction of sp³-hybridized carbons (Fsp3) is 0.316. The molecule has 0 fully saturated rings. The average Bonchev–Trinajstić information content (AvgIpc) is 3.09. The SMILES string of the molecule is C[C@H](CNC(=O)COC(=O)CCC(=O)c1ccc(Cl)s1)c1ccccc1. The lowest BCUT2D eigenvalue weighted by Crippen LogP contribution is -2.31. The summed E-state index contributed by atoms with van der Waals surface area (Å²) in [4.78, 5) is 35.8. The third kappa shape index (κ3) is 6.61. The van der Waals surface area contributed by atoms with E-state index in [1.807, 2.05) is 37.3 Å². The lowest BCUT2D eigenvalue weighted by Gasteiger charge is -2.13. The van der Waals surface area contributed by atoms with E-state index >= 15 is 0 Å². The molecule has 1 aromatic carbocycles. The van der Waals surface area contributed by atoms with E-state index in [1.54, 1.807) is 12.1 Å². The Morgan fingerprint density at radius 1 is 1.12 bits per heavy atom. The van der Waals surface area contributed by atoms with Gasteiger partial charge in [0.1, 0.15) is 0 Å². The third-order valence-electron chi connectivity index (χ3n) is 3.74. The number of ether oxygens (including phenoxy) is 1. The lowest BCUT2D eigenvalue weighted by molar-refractivity contribution is -0.148. The van der Waals surface area contributed by atoms with Crippen LogP contribution in [-0.4, -0.2) is 30.8 Å². The number of Topliss-reactive ketones (excluding diaryl/α,β-unsaturated/α-hetero) is 1. The highest BCUT2D eigenvalue weighted by Crippen LogP contribution is 2.22. The van der Waals surface area contributed by atoms with Crippen molar-refractivity contribution in [2.24, 2.45) is 0 Å². The van der Waals surface area contributed by atoms with Gasteiger partial charge in [0.05, 0.1) is 15.6 Å². The number of carbonyl (C=O) groups excluding carboxylic acids is 3. The molecule has 138 valence electrons. The number of hydrogen-bond acceptors (Lipinski definition) is 5. The van der Waals surface area contributed by atoms with Crippen LogP contribution in [0.5, 0.6) is 0 Å². The van der Waals surface area contributed by atoms with Gasteiger partial charge in [-0.1, -0.05) is 48.9 Å². The van der Waals surface area contributed by atoms with Crippen LogP contribution < -0.4 is 5.32 Å². The number of benzene rings is 1. The molecule has 0 spiro atoms. The summed E-state index contributed by atoms with van der Waals surface area (Å²) >= 11 is 6.95. The van der Waals surface area contributed by atoms with Crippen LogP contribution >= 0.6 is 22.9 Å². The number of esters is 1. The molecule has 7 heteroatoms. The summed E-state index contributed by atoms with van der Waals surface area (Å²) in [5.41, 5.74) is 1.12. The van der Waals surface area contributed by atoms with Crippen molar-refractivity contribution in [2.45, 2.75) is 25.7 Å². The van der Waals surface area contributed by atoms with E-state index in [1.165, 1.54) is 11.3 Å². The molecule has 26 heavy (non-hydrogen) atoms. The van der Waals surface area contributed by atoms with Crippen LogP contribution in [0.1, 0.15) is 40.9 Å². The highest BCUT2D eigenvalue weighted by Gasteiger charge is 2.14. The van der Waals surface area contributed by atoms with Gasteiger partial charge in [-0.25, -0.2) is 0 Å². The molecule has 1 atom stereocenters. The lowest BCUT2D eigenvalue weighted by atomic mass is 10.0. The molecular formula is C19H20ClNO4S. The van der Waals surface area contributed by atoms with Gasteiger partial charge >= 0.3 is 5.97 Å². The molecule has 0 radical (unpaired) electrons. The van der Waals surface area contributed by atoms with Gasteiger partial charge in [0.2, 0.25) is 0 Å². The molecule has 0 aliphatic rings. The number of ketones is 1. The molecular weight excluding hydrogens is 374 g/mol. The average molecular weight is 394 g/mol. The van der Waals surface area contributed by atoms with Gasteiger partial charge in [0.15, 0.2) is 12.4 Å². The van der Waals surface area contributed by atoms with Crippen molar-refractivity contribution in [1.82, 2.24) is 5.32 Å². The molecule has 0 bridgehead atoms. The van der Waals surface area contributed by atoms with Crippen molar-refractivity contribution in [3.63, 3.8) is 0 Å². The van der Waals surface area contributed by atoms with Crippen molar-refractivity contribution >= 4 is 40.6 Å². The second-order valence-corrected chi connectivity index (χ2v) is 7.52. The molecule has 5 nitrogen and oxygen atoms in total. The van der Waals surface area contributed by atoms with E-state index in [2.05, 4.69) is 5.32 Å². The third-order valence-corrected chi connectivity index (χ3v) is 5.01. The zero-order valence-electron chi connectivity index (χ0n) is 14.4. The minimum atomic E-state index is -0.577. The second kappa shape index (κ2) is 10.1. The van der Waals surface area contributed by atoms with Crippen molar-refractivity contribution in [2.75, 3.05) is 13.2 Å². The summed E-state index contributed by atoms with van der Waals surface area (Å²) in [6, 6.07) is 13.1. The van der Waals surface area contributed by atoms with Crippen molar-refractivity contribution in [1.29, 1.82) is 0 Å². The fourth-order valence-corrected chi connectivity index (χ4v) is 3.25. The number of rotatable bonds is 9. The van der Waals surface area contributed by atoms with Crippen LogP contribution in [0.25, 0.3) is 0 Å². The first-order chi connectivity index (χ1) is 12.5. The Morgan fingerprint density at radius 2 is 1.85 bits per heavy atom. The van der Waals surface area contributed by atoms with Crippen molar-refractivity contribution in [3.8, 4) is 0 Å². The van der Waals surface area contributed by atoms with Crippen LogP contribution in [0.15, 0.2) is 42.5 Å². The Balaban J connectivity index is 1.64. The zero-order valence-corrected chi connectivity index (χ0v) is 15.9. The van der Waals surface area contributed by atoms with Crippen LogP contribution in [0.3, 0.4) is 0 Å². The summed E-state index contributed by atoms with van der Waals surface area (Å²) in [6.45, 7) is 2.11. The molecule has 0 saturated heterocycles. The Morgan fingerprint density at radius 3 is 2.50 bits per heavy atom. The number of amides is 1. The number of thiophene rings is 1. The van der Waals surface area contributed by atoms with Crippen molar-refractivity contribution < 1.29 is 19.1 Å². The van der Waals surface area contributed by atoms with Gasteiger partial charge in [0.25, 0.3) is 5.91 Å². The predicted molar refractivity (Wildman–Crippen MR) is 102 cm³/mol. The largest absolute Gasteiger partial charge is 0.456 e. The molecule has 2 aromatic rings. The Kier molecular flexibility index (Phi) is 7.81. The first-order valence-electron chi connectivity index (χ1n) is 8.21. The van der Waals surface area contributed by atoms with Gasteiger partial charge in [-0.15, -0.1) is 11.3 Å². The van der Waals surface area contributed by atoms with Crippen LogP contribution in [0, 0.1) is 0 Å². The summed E-state index contributed by atoms with van der Waals surface area (Å²) in [6.07, 6.45) is -0.0373. The van der Waals surface area contributed by atoms with Crippen LogP contribution in [0.2, 0.25) is 4.34 Å². The smallest absolute Gasteiger partial charge is 0.306 e. The summed E-state index contributed by atoms with van der Waals surface area (Å²) in [5, 5.41) is 2.73. The van der Waals surface area contributed by atoms with Gasteiger partial charge in [-0.05, 0) is 23.6 Å². The molecule has 0 unspecified atom stereocenters. The maximum Gasteiger partial charge on any atom is 0.306 e. The first-order valence-corrected chi connectivity index (χ1v) is 9.41. The normalized spacial score (nSPS) is 11.6. The Hall–Kier alpha value is -2.18. The standard InChI is InChI=1S/C19H20ClNO4S/c1-13(14-5-3-2-4-6-14)11-21-18(23)12-25-19(24)10-7-15(22)16-8-9-17(20)26-16/h2-6,8-9,13H,7,10-12H2,1H3,(H,21,23)/t13-/m1/s1. The van der Waals surface area contributed by atoms with Crippen LogP contribution in [-0.2, 0) is 14.3 Å². The van der Waals surface area contributed by atoms with E-state index in [4.69, 9.17) is 16.3 Å². The first kappa shape index (κ1) is 20.1. The molecule has 0 aliphatic heterocycles. The molecule has 0 aliphatic carbocycles. The van der Waals surface area contributed by atoms with E-state index in [0.717, 1.165) is 5.56 Å². The molecule has 2 rings (SSSR count). The van der Waals surface area contributed by atoms with Gasteiger partial charge in [-0.2, -0.15) is 0 Å². The number of nitrogens with one attached hydrogen (secondary N) is 1. The Bertz CT molecular complexity index is 760. The van der Waals surface area contributed by atoms with E-state index in [-0.39, 0.29) is 37.1 Å². The minimum Gasteiger partial charge on any atom is -0.456 e. The number of halogens is 1. The summed E-state index contributed by atoms with van der Waals surface area (Å²) < 4.78 is 5.43. The minimum absolute atomic E-state index is 0.0301. The monoisotopic (exact) mass is 393 g/mol. The molecule has 1 amide bonds. The van der Waals surface area contributed by atoms with Gasteiger partial charge in [0, 0.05) is 13.0 Å². The van der Waals surface area contributed by atoms with E-state index < -0.39 is 5.97 Å². The van der Waals surface area contributed by atoms with E-state index in [9.17, 15) is 14.4 Å². The molecule has 1 aromatic heterocycles. The summed E-state index contributed by atoms with van der Waals surface area (Å²) in [5.74, 6) is -0.948. The van der Waals surface area contributed by atoms with Gasteiger partial charge < -0.3 is 10.1 Å². The van der Waals surface area contributed by atoms with E-state index in [0.29, 0.717) is 15.8 Å². The Labute approximate surface area is 161 Å². The second-order valence-electron chi connectivity index (χ2n) is 5.80. The highest BCUT2D eigenvalue weighted by molar-refractivity contribution is 7.18. The molecule has 0 saturated carbocycles. The highest BCUT2D eigenvalue weighted by atomic mass is 35.5. The predicted octanol–water partition coefficient (Wildman–Crippen LogP) is 3.83. The number of hydrogen-bond donors (Lipinski definition) is 1.